The van der Waals surface area contributed by atoms with Gasteiger partial charge in [0.15, 0.2) is 0 Å². The quantitative estimate of drug-likeness (QED) is 0.758. The Balaban J connectivity index is 2.19. The summed E-state index contributed by atoms with van der Waals surface area (Å²) in [7, 11) is 0. The monoisotopic (exact) mass is 234 g/mol. The Bertz CT molecular complexity index is 303. The van der Waals surface area contributed by atoms with Gasteiger partial charge in [-0.25, -0.2) is 0 Å². The fourth-order valence-electron chi connectivity index (χ4n) is 1.66. The van der Waals surface area contributed by atoms with Crippen LogP contribution in [-0.4, -0.2) is 19.1 Å². The zero-order chi connectivity index (χ0) is 12.7. The van der Waals surface area contributed by atoms with Gasteiger partial charge in [-0.2, -0.15) is 0 Å². The van der Waals surface area contributed by atoms with Crippen molar-refractivity contribution >= 4 is 0 Å². The number of nitrogens with one attached hydrogen (secondary N) is 2. The van der Waals surface area contributed by atoms with Gasteiger partial charge in [0.25, 0.3) is 0 Å². The fourth-order valence-corrected chi connectivity index (χ4v) is 1.66. The highest BCUT2D eigenvalue weighted by Crippen LogP contribution is 2.02. The van der Waals surface area contributed by atoms with E-state index in [1.165, 1.54) is 11.1 Å². The molecule has 17 heavy (non-hydrogen) atoms. The van der Waals surface area contributed by atoms with Crippen molar-refractivity contribution < 1.29 is 0 Å². The maximum Gasteiger partial charge on any atom is 0.0208 e. The second kappa shape index (κ2) is 7.46. The average Bonchev–Trinajstić information content (AvgIpc) is 2.28. The summed E-state index contributed by atoms with van der Waals surface area (Å²) < 4.78 is 0. The lowest BCUT2D eigenvalue weighted by molar-refractivity contribution is 0.472. The molecule has 0 aliphatic heterocycles. The Morgan fingerprint density at radius 2 is 1.65 bits per heavy atom. The summed E-state index contributed by atoms with van der Waals surface area (Å²) in [6.07, 6.45) is 0. The van der Waals surface area contributed by atoms with Crippen molar-refractivity contribution in [2.45, 2.75) is 40.3 Å². The van der Waals surface area contributed by atoms with Crippen LogP contribution in [0.15, 0.2) is 24.3 Å². The van der Waals surface area contributed by atoms with Crippen LogP contribution in [0, 0.1) is 12.8 Å². The van der Waals surface area contributed by atoms with E-state index in [1.807, 2.05) is 0 Å². The number of aryl methyl sites for hydroxylation is 1. The molecule has 0 spiro atoms. The standard InChI is InChI=1S/C15H26N2/c1-12(2)9-16-10-14(4)17-11-15-7-5-13(3)6-8-15/h5-8,12,14,16-17H,9-11H2,1-4H3. The normalized spacial score (nSPS) is 13.0. The Kier molecular flexibility index (Phi) is 6.23. The maximum absolute atomic E-state index is 3.53. The first-order valence-corrected chi connectivity index (χ1v) is 6.57. The number of benzene rings is 1. The molecule has 0 aliphatic rings. The fraction of sp³-hybridized carbons (Fsp3) is 0.600. The van der Waals surface area contributed by atoms with Gasteiger partial charge in [0.2, 0.25) is 0 Å². The van der Waals surface area contributed by atoms with Crippen molar-refractivity contribution in [2.24, 2.45) is 5.92 Å². The molecule has 1 unspecified atom stereocenters. The van der Waals surface area contributed by atoms with E-state index in [9.17, 15) is 0 Å². The van der Waals surface area contributed by atoms with Gasteiger partial charge in [-0.15, -0.1) is 0 Å². The summed E-state index contributed by atoms with van der Waals surface area (Å²) in [5.74, 6) is 0.722. The molecule has 2 nitrogen and oxygen atoms in total. The first-order valence-electron chi connectivity index (χ1n) is 6.57. The molecule has 0 heterocycles. The first kappa shape index (κ1) is 14.2. The van der Waals surface area contributed by atoms with Gasteiger partial charge in [-0.05, 0) is 31.9 Å². The number of rotatable bonds is 7. The van der Waals surface area contributed by atoms with Crippen LogP contribution in [0.25, 0.3) is 0 Å². The Labute approximate surface area is 106 Å². The molecule has 0 saturated carbocycles. The second-order valence-corrected chi connectivity index (χ2v) is 5.32. The Morgan fingerprint density at radius 3 is 2.24 bits per heavy atom. The third-order valence-electron chi connectivity index (χ3n) is 2.78. The SMILES string of the molecule is Cc1ccc(CNC(C)CNCC(C)C)cc1. The molecule has 1 atom stereocenters. The van der Waals surface area contributed by atoms with Gasteiger partial charge in [0, 0.05) is 19.1 Å². The van der Waals surface area contributed by atoms with Gasteiger partial charge in [-0.3, -0.25) is 0 Å². The van der Waals surface area contributed by atoms with Crippen LogP contribution in [0.4, 0.5) is 0 Å². The van der Waals surface area contributed by atoms with Crippen LogP contribution < -0.4 is 10.6 Å². The van der Waals surface area contributed by atoms with Crippen molar-refractivity contribution in [1.82, 2.24) is 10.6 Å². The zero-order valence-electron chi connectivity index (χ0n) is 11.6. The summed E-state index contributed by atoms with van der Waals surface area (Å²) in [6, 6.07) is 9.22. The lowest BCUT2D eigenvalue weighted by Crippen LogP contribution is -2.37. The molecule has 0 amide bonds. The van der Waals surface area contributed by atoms with Gasteiger partial charge in [-0.1, -0.05) is 43.7 Å². The van der Waals surface area contributed by atoms with E-state index in [4.69, 9.17) is 0 Å². The smallest absolute Gasteiger partial charge is 0.0208 e. The number of hydrogen-bond acceptors (Lipinski definition) is 2. The predicted octanol–water partition coefficient (Wildman–Crippen LogP) is 2.72. The largest absolute Gasteiger partial charge is 0.315 e. The highest BCUT2D eigenvalue weighted by Gasteiger charge is 2.01. The van der Waals surface area contributed by atoms with Crippen molar-refractivity contribution in [3.8, 4) is 0 Å². The minimum atomic E-state index is 0.509. The Hall–Kier alpha value is -0.860. The average molecular weight is 234 g/mol. The van der Waals surface area contributed by atoms with Gasteiger partial charge in [0.1, 0.15) is 0 Å². The van der Waals surface area contributed by atoms with E-state index in [0.717, 1.165) is 25.6 Å². The van der Waals surface area contributed by atoms with Crippen LogP contribution in [0.1, 0.15) is 31.9 Å². The minimum absolute atomic E-state index is 0.509. The molecule has 0 aromatic heterocycles. The van der Waals surface area contributed by atoms with E-state index in [2.05, 4.69) is 62.6 Å². The van der Waals surface area contributed by atoms with E-state index < -0.39 is 0 Å². The molecule has 96 valence electrons. The molecule has 0 radical (unpaired) electrons. The van der Waals surface area contributed by atoms with Crippen LogP contribution in [0.5, 0.6) is 0 Å². The molecular formula is C15H26N2. The molecule has 2 heteroatoms. The minimum Gasteiger partial charge on any atom is -0.315 e. The van der Waals surface area contributed by atoms with Crippen molar-refractivity contribution in [3.63, 3.8) is 0 Å². The molecule has 0 bridgehead atoms. The molecule has 0 aliphatic carbocycles. The third kappa shape index (κ3) is 6.44. The highest BCUT2D eigenvalue weighted by atomic mass is 15.0. The summed E-state index contributed by atoms with van der Waals surface area (Å²) in [5.41, 5.74) is 2.67. The zero-order valence-corrected chi connectivity index (χ0v) is 11.6. The molecule has 2 N–H and O–H groups in total. The predicted molar refractivity (Wildman–Crippen MR) is 75.2 cm³/mol. The van der Waals surface area contributed by atoms with Crippen molar-refractivity contribution in [3.05, 3.63) is 35.4 Å². The lowest BCUT2D eigenvalue weighted by atomic mass is 10.1. The van der Waals surface area contributed by atoms with E-state index in [-0.39, 0.29) is 0 Å². The topological polar surface area (TPSA) is 24.1 Å². The molecule has 1 aromatic rings. The maximum atomic E-state index is 3.53. The van der Waals surface area contributed by atoms with Gasteiger partial charge in [0.05, 0.1) is 0 Å². The third-order valence-corrected chi connectivity index (χ3v) is 2.78. The molecule has 0 saturated heterocycles. The van der Waals surface area contributed by atoms with Crippen LogP contribution in [0.3, 0.4) is 0 Å². The summed E-state index contributed by atoms with van der Waals surface area (Å²) in [6.45, 7) is 11.9. The van der Waals surface area contributed by atoms with Crippen LogP contribution in [0.2, 0.25) is 0 Å². The van der Waals surface area contributed by atoms with Crippen LogP contribution >= 0.6 is 0 Å². The van der Waals surface area contributed by atoms with Crippen molar-refractivity contribution in [2.75, 3.05) is 13.1 Å². The van der Waals surface area contributed by atoms with Gasteiger partial charge < -0.3 is 10.6 Å². The second-order valence-electron chi connectivity index (χ2n) is 5.32. The van der Waals surface area contributed by atoms with Gasteiger partial charge >= 0.3 is 0 Å². The number of hydrogen-bond donors (Lipinski definition) is 2. The summed E-state index contributed by atoms with van der Waals surface area (Å²) in [5, 5.41) is 7.00. The van der Waals surface area contributed by atoms with E-state index in [0.29, 0.717) is 6.04 Å². The van der Waals surface area contributed by atoms with E-state index >= 15 is 0 Å². The molecule has 0 fully saturated rings. The highest BCUT2D eigenvalue weighted by molar-refractivity contribution is 5.21. The molecular weight excluding hydrogens is 208 g/mol. The Morgan fingerprint density at radius 1 is 1.00 bits per heavy atom. The first-order chi connectivity index (χ1) is 8.08. The molecule has 1 aromatic carbocycles. The van der Waals surface area contributed by atoms with Crippen LogP contribution in [-0.2, 0) is 6.54 Å². The molecule has 1 rings (SSSR count). The summed E-state index contributed by atoms with van der Waals surface area (Å²) >= 11 is 0. The van der Waals surface area contributed by atoms with E-state index in [1.54, 1.807) is 0 Å². The summed E-state index contributed by atoms with van der Waals surface area (Å²) in [4.78, 5) is 0. The van der Waals surface area contributed by atoms with Crippen molar-refractivity contribution in [1.29, 1.82) is 0 Å². The lowest BCUT2D eigenvalue weighted by Gasteiger charge is -2.15.